The predicted molar refractivity (Wildman–Crippen MR) is 68.6 cm³/mol. The van der Waals surface area contributed by atoms with E-state index in [0.717, 1.165) is 18.3 Å². The van der Waals surface area contributed by atoms with Crippen molar-refractivity contribution in [1.29, 1.82) is 0 Å². The average molecular weight is 311 g/mol. The van der Waals surface area contributed by atoms with E-state index in [-0.39, 0.29) is 5.56 Å². The van der Waals surface area contributed by atoms with E-state index in [4.69, 9.17) is 0 Å². The third-order valence-electron chi connectivity index (χ3n) is 2.00. The zero-order chi connectivity index (χ0) is 15.6. The molecule has 1 atom stereocenters. The maximum absolute atomic E-state index is 13.2. The SMILES string of the molecule is CC(C)(C)[S+]([O-])N=Cc1ccc(F)c(OC(F)(F)F)c1. The Hall–Kier alpha value is -1.28. The van der Waals surface area contributed by atoms with Crippen molar-refractivity contribution in [3.05, 3.63) is 29.6 Å². The standard InChI is InChI=1S/C12H13F4NO2S/c1-11(2,3)20(18)17-7-8-4-5-9(13)10(6-8)19-12(14,15)16/h4-7H,1-3H3. The number of ether oxygens (including phenoxy) is 1. The molecule has 0 spiro atoms. The monoisotopic (exact) mass is 311 g/mol. The van der Waals surface area contributed by atoms with Gasteiger partial charge in [-0.2, -0.15) is 0 Å². The number of hydrogen-bond acceptors (Lipinski definition) is 3. The molecule has 1 rings (SSSR count). The Labute approximate surface area is 117 Å². The Kier molecular flexibility index (Phi) is 5.04. The van der Waals surface area contributed by atoms with Crippen LogP contribution in [-0.4, -0.2) is 21.9 Å². The molecule has 1 aromatic rings. The van der Waals surface area contributed by atoms with Crippen LogP contribution in [0.2, 0.25) is 0 Å². The lowest BCUT2D eigenvalue weighted by molar-refractivity contribution is -0.275. The summed E-state index contributed by atoms with van der Waals surface area (Å²) >= 11 is -1.56. The molecular weight excluding hydrogens is 298 g/mol. The fraction of sp³-hybridized carbons (Fsp3) is 0.417. The summed E-state index contributed by atoms with van der Waals surface area (Å²) in [5.74, 6) is -2.10. The van der Waals surface area contributed by atoms with Crippen LogP contribution in [0.15, 0.2) is 22.6 Å². The molecule has 3 nitrogen and oxygen atoms in total. The molecule has 0 saturated carbocycles. The second kappa shape index (κ2) is 6.01. The fourth-order valence-electron chi connectivity index (χ4n) is 1.07. The van der Waals surface area contributed by atoms with Gasteiger partial charge in [-0.05, 0) is 32.9 Å². The van der Waals surface area contributed by atoms with Gasteiger partial charge in [-0.3, -0.25) is 0 Å². The minimum Gasteiger partial charge on any atom is -0.591 e. The smallest absolute Gasteiger partial charge is 0.573 e. The van der Waals surface area contributed by atoms with Crippen LogP contribution in [-0.2, 0) is 11.4 Å². The second-order valence-electron chi connectivity index (χ2n) is 4.83. The first-order chi connectivity index (χ1) is 8.99. The van der Waals surface area contributed by atoms with Gasteiger partial charge in [0, 0.05) is 5.56 Å². The van der Waals surface area contributed by atoms with Crippen LogP contribution in [0, 0.1) is 5.82 Å². The Morgan fingerprint density at radius 1 is 1.25 bits per heavy atom. The van der Waals surface area contributed by atoms with Crippen molar-refractivity contribution in [2.75, 3.05) is 0 Å². The summed E-state index contributed by atoms with van der Waals surface area (Å²) in [7, 11) is 0. The fourth-order valence-corrected chi connectivity index (χ4v) is 1.60. The molecule has 0 amide bonds. The maximum Gasteiger partial charge on any atom is 0.573 e. The van der Waals surface area contributed by atoms with Gasteiger partial charge in [-0.15, -0.1) is 13.2 Å². The molecule has 0 aromatic heterocycles. The molecule has 0 saturated heterocycles. The van der Waals surface area contributed by atoms with E-state index in [1.807, 2.05) is 0 Å². The molecular formula is C12H13F4NO2S. The van der Waals surface area contributed by atoms with Gasteiger partial charge in [-0.25, -0.2) is 4.39 Å². The quantitative estimate of drug-likeness (QED) is 0.486. The van der Waals surface area contributed by atoms with Crippen molar-refractivity contribution in [2.24, 2.45) is 4.40 Å². The number of hydrogen-bond donors (Lipinski definition) is 0. The van der Waals surface area contributed by atoms with Gasteiger partial charge in [-0.1, -0.05) is 10.5 Å². The molecule has 0 aliphatic rings. The molecule has 1 aromatic carbocycles. The summed E-state index contributed by atoms with van der Waals surface area (Å²) in [6.45, 7) is 5.09. The van der Waals surface area contributed by atoms with Crippen LogP contribution < -0.4 is 4.74 Å². The van der Waals surface area contributed by atoms with Crippen molar-refractivity contribution >= 4 is 17.6 Å². The third-order valence-corrected chi connectivity index (χ3v) is 3.35. The Bertz CT molecular complexity index is 497. The minimum atomic E-state index is -4.98. The van der Waals surface area contributed by atoms with Gasteiger partial charge < -0.3 is 9.29 Å². The van der Waals surface area contributed by atoms with Crippen LogP contribution in [0.5, 0.6) is 5.75 Å². The van der Waals surface area contributed by atoms with Crippen LogP contribution in [0.4, 0.5) is 17.6 Å². The number of benzene rings is 1. The van der Waals surface area contributed by atoms with E-state index in [1.54, 1.807) is 20.8 Å². The number of nitrogens with zero attached hydrogens (tertiary/aromatic N) is 1. The van der Waals surface area contributed by atoms with E-state index >= 15 is 0 Å². The van der Waals surface area contributed by atoms with Gasteiger partial charge in [0.1, 0.15) is 16.1 Å². The molecule has 0 N–H and O–H groups in total. The molecule has 0 heterocycles. The summed E-state index contributed by atoms with van der Waals surface area (Å²) in [6, 6.07) is 2.87. The highest BCUT2D eigenvalue weighted by Gasteiger charge is 2.32. The summed E-state index contributed by atoms with van der Waals surface area (Å²) in [6.07, 6.45) is -3.87. The Morgan fingerprint density at radius 2 is 1.85 bits per heavy atom. The van der Waals surface area contributed by atoms with Crippen LogP contribution in [0.25, 0.3) is 0 Å². The normalized spacial score (nSPS) is 14.6. The predicted octanol–water partition coefficient (Wildman–Crippen LogP) is 3.61. The zero-order valence-electron chi connectivity index (χ0n) is 11.0. The lowest BCUT2D eigenvalue weighted by Gasteiger charge is -2.17. The Morgan fingerprint density at radius 3 is 2.35 bits per heavy atom. The van der Waals surface area contributed by atoms with E-state index in [1.165, 1.54) is 6.07 Å². The van der Waals surface area contributed by atoms with E-state index in [2.05, 4.69) is 9.13 Å². The molecule has 0 bridgehead atoms. The first kappa shape index (κ1) is 16.8. The van der Waals surface area contributed by atoms with Crippen molar-refractivity contribution in [3.8, 4) is 5.75 Å². The highest BCUT2D eigenvalue weighted by molar-refractivity contribution is 7.91. The number of rotatable bonds is 3. The lowest BCUT2D eigenvalue weighted by atomic mass is 10.2. The molecule has 0 aliphatic carbocycles. The summed E-state index contributed by atoms with van der Waals surface area (Å²) < 4.78 is 67.6. The molecule has 0 fully saturated rings. The highest BCUT2D eigenvalue weighted by Crippen LogP contribution is 2.26. The Balaban J connectivity index is 2.93. The van der Waals surface area contributed by atoms with E-state index in [9.17, 15) is 22.1 Å². The van der Waals surface area contributed by atoms with Crippen molar-refractivity contribution in [3.63, 3.8) is 0 Å². The minimum absolute atomic E-state index is 0.156. The lowest BCUT2D eigenvalue weighted by Crippen LogP contribution is -2.25. The third kappa shape index (κ3) is 5.38. The van der Waals surface area contributed by atoms with Crippen molar-refractivity contribution < 1.29 is 26.9 Å². The van der Waals surface area contributed by atoms with Crippen molar-refractivity contribution in [2.45, 2.75) is 31.9 Å². The highest BCUT2D eigenvalue weighted by atomic mass is 32.2. The number of halogens is 4. The summed E-state index contributed by atoms with van der Waals surface area (Å²) in [5, 5.41) is 0. The van der Waals surface area contributed by atoms with Gasteiger partial charge in [0.25, 0.3) is 0 Å². The van der Waals surface area contributed by atoms with Crippen molar-refractivity contribution in [1.82, 2.24) is 0 Å². The molecule has 112 valence electrons. The van der Waals surface area contributed by atoms with Gasteiger partial charge in [0.15, 0.2) is 11.6 Å². The van der Waals surface area contributed by atoms with Gasteiger partial charge in [0.05, 0.1) is 6.21 Å². The summed E-state index contributed by atoms with van der Waals surface area (Å²) in [5.41, 5.74) is 0.156. The topological polar surface area (TPSA) is 44.7 Å². The number of alkyl halides is 3. The van der Waals surface area contributed by atoms with Crippen LogP contribution >= 0.6 is 0 Å². The average Bonchev–Trinajstić information content (AvgIpc) is 2.26. The largest absolute Gasteiger partial charge is 0.591 e. The molecule has 1 unspecified atom stereocenters. The second-order valence-corrected chi connectivity index (χ2v) is 6.77. The molecule has 0 aliphatic heterocycles. The van der Waals surface area contributed by atoms with E-state index in [0.29, 0.717) is 0 Å². The molecule has 0 radical (unpaired) electrons. The van der Waals surface area contributed by atoms with Gasteiger partial charge in [0.2, 0.25) is 0 Å². The summed E-state index contributed by atoms with van der Waals surface area (Å²) in [4.78, 5) is 0. The maximum atomic E-state index is 13.2. The molecule has 8 heteroatoms. The zero-order valence-corrected chi connectivity index (χ0v) is 11.8. The first-order valence-electron chi connectivity index (χ1n) is 5.50. The van der Waals surface area contributed by atoms with Crippen LogP contribution in [0.3, 0.4) is 0 Å². The molecule has 20 heavy (non-hydrogen) atoms. The van der Waals surface area contributed by atoms with Gasteiger partial charge >= 0.3 is 6.36 Å². The van der Waals surface area contributed by atoms with Crippen LogP contribution in [0.1, 0.15) is 26.3 Å². The first-order valence-corrected chi connectivity index (χ1v) is 6.61. The van der Waals surface area contributed by atoms with E-state index < -0.39 is 34.0 Å².